The summed E-state index contributed by atoms with van der Waals surface area (Å²) in [6.07, 6.45) is 0. The van der Waals surface area contributed by atoms with E-state index in [1.54, 1.807) is 24.3 Å². The molecule has 0 atom stereocenters. The lowest BCUT2D eigenvalue weighted by Gasteiger charge is -2.10. The van der Waals surface area contributed by atoms with E-state index in [2.05, 4.69) is 60.7 Å². The molecule has 0 unspecified atom stereocenters. The van der Waals surface area contributed by atoms with Gasteiger partial charge in [-0.25, -0.2) is 4.98 Å². The van der Waals surface area contributed by atoms with Crippen LogP contribution in [0.4, 0.5) is 0 Å². The van der Waals surface area contributed by atoms with E-state index in [9.17, 15) is 4.79 Å². The maximum atomic E-state index is 10.4. The number of amides is 1. The first-order valence-electron chi connectivity index (χ1n) is 10.7. The van der Waals surface area contributed by atoms with Crippen LogP contribution in [0, 0.1) is 0 Å². The highest BCUT2D eigenvalue weighted by Gasteiger charge is 2.08. The zero-order valence-corrected chi connectivity index (χ0v) is 18.1. The highest BCUT2D eigenvalue weighted by atomic mass is 16.1. The molecule has 0 saturated carbocycles. The van der Waals surface area contributed by atoms with E-state index in [0.717, 1.165) is 22.5 Å². The van der Waals surface area contributed by atoms with Crippen LogP contribution in [0.3, 0.4) is 0 Å². The Morgan fingerprint density at radius 2 is 0.848 bits per heavy atom. The fraction of sp³-hybridized carbons (Fsp3) is 0. The molecule has 160 valence electrons. The second-order valence-electron chi connectivity index (χ2n) is 7.45. The van der Waals surface area contributed by atoms with Crippen molar-refractivity contribution in [3.8, 4) is 33.6 Å². The summed E-state index contributed by atoms with van der Waals surface area (Å²) in [5, 5.41) is 0. The number of hydrogen-bond acceptors (Lipinski definition) is 2. The molecule has 4 aromatic carbocycles. The predicted molar refractivity (Wildman–Crippen MR) is 136 cm³/mol. The summed E-state index contributed by atoms with van der Waals surface area (Å²) in [5.41, 5.74) is 12.2. The quantitative estimate of drug-likeness (QED) is 0.340. The molecular weight excluding hydrogens is 404 g/mol. The third-order valence-corrected chi connectivity index (χ3v) is 5.13. The van der Waals surface area contributed by atoms with Crippen molar-refractivity contribution in [2.75, 3.05) is 0 Å². The maximum Gasteiger partial charge on any atom is 0.248 e. The van der Waals surface area contributed by atoms with Gasteiger partial charge in [-0.15, -0.1) is 0 Å². The molecule has 0 aliphatic carbocycles. The zero-order valence-electron chi connectivity index (χ0n) is 18.1. The number of benzene rings is 4. The molecule has 0 radical (unpaired) electrons. The van der Waals surface area contributed by atoms with Crippen molar-refractivity contribution in [1.82, 2.24) is 4.98 Å². The van der Waals surface area contributed by atoms with E-state index in [1.807, 2.05) is 48.5 Å². The summed E-state index contributed by atoms with van der Waals surface area (Å²) in [5.74, 6) is -0.379. The SMILES string of the molecule is NC(=O)c1ccccc1.c1ccc(-c2cc(-c3ccccc3)nc(-c3ccccc3)c2)cc1. The number of carbonyl (C=O) groups is 1. The van der Waals surface area contributed by atoms with Crippen molar-refractivity contribution in [2.24, 2.45) is 5.73 Å². The molecule has 0 spiro atoms. The van der Waals surface area contributed by atoms with E-state index >= 15 is 0 Å². The van der Waals surface area contributed by atoms with Gasteiger partial charge in [-0.05, 0) is 35.4 Å². The predicted octanol–water partition coefficient (Wildman–Crippen LogP) is 6.87. The molecule has 0 fully saturated rings. The molecule has 0 aliphatic rings. The minimum Gasteiger partial charge on any atom is -0.366 e. The van der Waals surface area contributed by atoms with Crippen LogP contribution in [0.1, 0.15) is 10.4 Å². The van der Waals surface area contributed by atoms with Gasteiger partial charge in [0.15, 0.2) is 0 Å². The Balaban J connectivity index is 0.000000243. The highest BCUT2D eigenvalue weighted by molar-refractivity contribution is 5.92. The van der Waals surface area contributed by atoms with E-state index < -0.39 is 0 Å². The molecule has 0 saturated heterocycles. The summed E-state index contributed by atoms with van der Waals surface area (Å²) in [6, 6.07) is 44.2. The Hall–Kier alpha value is -4.50. The zero-order chi connectivity index (χ0) is 22.9. The van der Waals surface area contributed by atoms with E-state index in [1.165, 1.54) is 11.1 Å². The Labute approximate surface area is 194 Å². The minimum absolute atomic E-state index is 0.379. The normalized spacial score (nSPS) is 10.1. The number of carbonyl (C=O) groups excluding carboxylic acids is 1. The van der Waals surface area contributed by atoms with Gasteiger partial charge >= 0.3 is 0 Å². The summed E-state index contributed by atoms with van der Waals surface area (Å²) < 4.78 is 0. The van der Waals surface area contributed by atoms with Crippen LogP contribution in [-0.4, -0.2) is 10.9 Å². The molecule has 3 heteroatoms. The van der Waals surface area contributed by atoms with Gasteiger partial charge in [0.25, 0.3) is 0 Å². The topological polar surface area (TPSA) is 56.0 Å². The van der Waals surface area contributed by atoms with Gasteiger partial charge in [0.1, 0.15) is 0 Å². The van der Waals surface area contributed by atoms with Gasteiger partial charge in [-0.1, -0.05) is 109 Å². The number of hydrogen-bond donors (Lipinski definition) is 1. The van der Waals surface area contributed by atoms with Gasteiger partial charge in [0, 0.05) is 16.7 Å². The number of pyridine rings is 1. The fourth-order valence-electron chi connectivity index (χ4n) is 3.44. The van der Waals surface area contributed by atoms with Crippen molar-refractivity contribution in [1.29, 1.82) is 0 Å². The average molecular weight is 429 g/mol. The Kier molecular flexibility index (Phi) is 7.04. The van der Waals surface area contributed by atoms with Crippen molar-refractivity contribution < 1.29 is 4.79 Å². The van der Waals surface area contributed by atoms with Crippen LogP contribution in [0.15, 0.2) is 133 Å². The van der Waals surface area contributed by atoms with Crippen LogP contribution in [0.25, 0.3) is 33.6 Å². The molecule has 0 bridgehead atoms. The van der Waals surface area contributed by atoms with Crippen LogP contribution in [0.2, 0.25) is 0 Å². The highest BCUT2D eigenvalue weighted by Crippen LogP contribution is 2.29. The van der Waals surface area contributed by atoms with Crippen LogP contribution in [0.5, 0.6) is 0 Å². The van der Waals surface area contributed by atoms with Crippen molar-refractivity contribution in [3.63, 3.8) is 0 Å². The van der Waals surface area contributed by atoms with E-state index in [4.69, 9.17) is 10.7 Å². The van der Waals surface area contributed by atoms with Crippen LogP contribution >= 0.6 is 0 Å². The number of rotatable bonds is 4. The first kappa shape index (κ1) is 21.7. The molecule has 33 heavy (non-hydrogen) atoms. The van der Waals surface area contributed by atoms with E-state index in [0.29, 0.717) is 5.56 Å². The summed E-state index contributed by atoms with van der Waals surface area (Å²) in [7, 11) is 0. The monoisotopic (exact) mass is 428 g/mol. The van der Waals surface area contributed by atoms with Crippen LogP contribution in [-0.2, 0) is 0 Å². The third-order valence-electron chi connectivity index (χ3n) is 5.13. The number of primary amides is 1. The summed E-state index contributed by atoms with van der Waals surface area (Å²) in [6.45, 7) is 0. The molecular formula is C30H24N2O. The second-order valence-corrected chi connectivity index (χ2v) is 7.45. The standard InChI is InChI=1S/C23H17N.C7H7NO/c1-4-10-18(11-5-1)21-16-22(19-12-6-2-7-13-19)24-23(17-21)20-14-8-3-9-15-20;8-7(9)6-4-2-1-3-5-6/h1-17H;1-5H,(H2,8,9). The second kappa shape index (κ2) is 10.7. The molecule has 2 N–H and O–H groups in total. The summed E-state index contributed by atoms with van der Waals surface area (Å²) in [4.78, 5) is 15.3. The largest absolute Gasteiger partial charge is 0.366 e. The van der Waals surface area contributed by atoms with E-state index in [-0.39, 0.29) is 5.91 Å². The lowest BCUT2D eigenvalue weighted by molar-refractivity contribution is 0.100. The van der Waals surface area contributed by atoms with Crippen LogP contribution < -0.4 is 5.73 Å². The van der Waals surface area contributed by atoms with Crippen molar-refractivity contribution in [2.45, 2.75) is 0 Å². The fourth-order valence-corrected chi connectivity index (χ4v) is 3.44. The molecule has 5 rings (SSSR count). The van der Waals surface area contributed by atoms with Gasteiger partial charge in [-0.3, -0.25) is 4.79 Å². The number of nitrogens with two attached hydrogens (primary N) is 1. The maximum absolute atomic E-state index is 10.4. The molecule has 1 amide bonds. The summed E-state index contributed by atoms with van der Waals surface area (Å²) >= 11 is 0. The van der Waals surface area contributed by atoms with Crippen molar-refractivity contribution in [3.05, 3.63) is 139 Å². The first-order chi connectivity index (χ1) is 16.2. The molecule has 5 aromatic rings. The van der Waals surface area contributed by atoms with Gasteiger partial charge < -0.3 is 5.73 Å². The molecule has 1 aromatic heterocycles. The molecule has 0 aliphatic heterocycles. The smallest absolute Gasteiger partial charge is 0.248 e. The average Bonchev–Trinajstić information content (AvgIpc) is 2.91. The van der Waals surface area contributed by atoms with Crippen molar-refractivity contribution >= 4 is 5.91 Å². The molecule has 3 nitrogen and oxygen atoms in total. The molecule has 1 heterocycles. The first-order valence-corrected chi connectivity index (χ1v) is 10.7. The number of nitrogens with zero attached hydrogens (tertiary/aromatic N) is 1. The Bertz CT molecular complexity index is 1160. The Morgan fingerprint density at radius 3 is 1.21 bits per heavy atom. The lowest BCUT2D eigenvalue weighted by atomic mass is 10.00. The lowest BCUT2D eigenvalue weighted by Crippen LogP contribution is -2.09. The van der Waals surface area contributed by atoms with Gasteiger partial charge in [0.2, 0.25) is 5.91 Å². The third kappa shape index (κ3) is 5.81. The number of aromatic nitrogens is 1. The minimum atomic E-state index is -0.379. The van der Waals surface area contributed by atoms with Gasteiger partial charge in [0.05, 0.1) is 11.4 Å². The van der Waals surface area contributed by atoms with Gasteiger partial charge in [-0.2, -0.15) is 0 Å². The Morgan fingerprint density at radius 1 is 0.485 bits per heavy atom.